The van der Waals surface area contributed by atoms with Crippen molar-refractivity contribution in [3.8, 4) is 0 Å². The molecule has 3 aliphatic rings. The van der Waals surface area contributed by atoms with E-state index in [1.807, 2.05) is 0 Å². The van der Waals surface area contributed by atoms with Crippen molar-refractivity contribution >= 4 is 0 Å². The lowest BCUT2D eigenvalue weighted by Gasteiger charge is -2.44. The van der Waals surface area contributed by atoms with Gasteiger partial charge in [-0.25, -0.2) is 0 Å². The van der Waals surface area contributed by atoms with Crippen molar-refractivity contribution in [1.82, 2.24) is 0 Å². The molecule has 1 aliphatic carbocycles. The summed E-state index contributed by atoms with van der Waals surface area (Å²) in [6.07, 6.45) is 5.30. The van der Waals surface area contributed by atoms with Crippen LogP contribution in [0.3, 0.4) is 0 Å². The molecule has 46 valence electrons. The molecule has 1 saturated carbocycles. The standard InChI is InChI=1S/C7H12O/c1-5-2-6-4-7(3-5)8-6/h5-7H,2-4H2,1H3. The maximum atomic E-state index is 5.45. The zero-order chi connectivity index (χ0) is 5.56. The Morgan fingerprint density at radius 2 is 1.62 bits per heavy atom. The Labute approximate surface area is 50.0 Å². The van der Waals surface area contributed by atoms with Gasteiger partial charge >= 0.3 is 0 Å². The highest BCUT2D eigenvalue weighted by Gasteiger charge is 2.37. The second-order valence-electron chi connectivity index (χ2n) is 3.19. The van der Waals surface area contributed by atoms with Crippen molar-refractivity contribution in [3.05, 3.63) is 0 Å². The smallest absolute Gasteiger partial charge is 0.0606 e. The third kappa shape index (κ3) is 0.576. The average molecular weight is 112 g/mol. The van der Waals surface area contributed by atoms with Crippen LogP contribution in [0.25, 0.3) is 0 Å². The molecule has 0 amide bonds. The van der Waals surface area contributed by atoms with Gasteiger partial charge in [-0.05, 0) is 25.2 Å². The van der Waals surface area contributed by atoms with Gasteiger partial charge in [0.1, 0.15) is 0 Å². The van der Waals surface area contributed by atoms with Gasteiger partial charge in [0.2, 0.25) is 0 Å². The van der Waals surface area contributed by atoms with Crippen LogP contribution in [0.4, 0.5) is 0 Å². The first-order valence-corrected chi connectivity index (χ1v) is 3.50. The lowest BCUT2D eigenvalue weighted by molar-refractivity contribution is -0.170. The molecule has 3 fully saturated rings. The summed E-state index contributed by atoms with van der Waals surface area (Å²) in [5.74, 6) is 0.937. The van der Waals surface area contributed by atoms with Crippen LogP contribution in [-0.2, 0) is 4.74 Å². The normalized spacial score (nSPS) is 52.9. The molecule has 2 bridgehead atoms. The molecule has 2 heterocycles. The Morgan fingerprint density at radius 1 is 1.12 bits per heavy atom. The highest BCUT2D eigenvalue weighted by molar-refractivity contribution is 4.86. The molecule has 1 heteroatoms. The van der Waals surface area contributed by atoms with Gasteiger partial charge in [-0.3, -0.25) is 0 Å². The number of hydrogen-bond donors (Lipinski definition) is 0. The van der Waals surface area contributed by atoms with E-state index in [1.165, 1.54) is 19.3 Å². The fourth-order valence-corrected chi connectivity index (χ4v) is 1.85. The Morgan fingerprint density at radius 3 is 1.88 bits per heavy atom. The first kappa shape index (κ1) is 4.80. The van der Waals surface area contributed by atoms with Gasteiger partial charge in [0.25, 0.3) is 0 Å². The van der Waals surface area contributed by atoms with Gasteiger partial charge in [-0.1, -0.05) is 6.92 Å². The molecule has 8 heavy (non-hydrogen) atoms. The van der Waals surface area contributed by atoms with Crippen LogP contribution in [0.2, 0.25) is 0 Å². The fourth-order valence-electron chi connectivity index (χ4n) is 1.85. The summed E-state index contributed by atoms with van der Waals surface area (Å²) in [5, 5.41) is 0. The van der Waals surface area contributed by atoms with Crippen LogP contribution < -0.4 is 0 Å². The van der Waals surface area contributed by atoms with Crippen LogP contribution >= 0.6 is 0 Å². The largest absolute Gasteiger partial charge is 0.375 e. The molecule has 0 aromatic carbocycles. The number of hydrogen-bond acceptors (Lipinski definition) is 1. The monoisotopic (exact) mass is 112 g/mol. The summed E-state index contributed by atoms with van der Waals surface area (Å²) in [7, 11) is 0. The van der Waals surface area contributed by atoms with E-state index in [9.17, 15) is 0 Å². The van der Waals surface area contributed by atoms with Gasteiger partial charge in [0, 0.05) is 0 Å². The van der Waals surface area contributed by atoms with E-state index in [1.54, 1.807) is 0 Å². The van der Waals surface area contributed by atoms with E-state index in [0.29, 0.717) is 12.2 Å². The first-order chi connectivity index (χ1) is 3.84. The molecular weight excluding hydrogens is 100 g/mol. The number of rotatable bonds is 0. The van der Waals surface area contributed by atoms with E-state index in [4.69, 9.17) is 4.74 Å². The van der Waals surface area contributed by atoms with Gasteiger partial charge < -0.3 is 4.74 Å². The van der Waals surface area contributed by atoms with Gasteiger partial charge in [-0.2, -0.15) is 0 Å². The predicted molar refractivity (Wildman–Crippen MR) is 31.7 cm³/mol. The predicted octanol–water partition coefficient (Wildman–Crippen LogP) is 1.57. The Balaban J connectivity index is 1.97. The molecule has 2 aliphatic heterocycles. The summed E-state index contributed by atoms with van der Waals surface area (Å²) >= 11 is 0. The molecule has 3 rings (SSSR count). The summed E-state index contributed by atoms with van der Waals surface area (Å²) in [6, 6.07) is 0. The zero-order valence-corrected chi connectivity index (χ0v) is 5.26. The van der Waals surface area contributed by atoms with Crippen LogP contribution in [0, 0.1) is 5.92 Å². The molecular formula is C7H12O. The van der Waals surface area contributed by atoms with Crippen molar-refractivity contribution in [2.75, 3.05) is 0 Å². The van der Waals surface area contributed by atoms with Gasteiger partial charge in [0.05, 0.1) is 12.2 Å². The van der Waals surface area contributed by atoms with Crippen LogP contribution in [0.15, 0.2) is 0 Å². The quantitative estimate of drug-likeness (QED) is 0.462. The SMILES string of the molecule is CC1CC2CC(C1)O2. The van der Waals surface area contributed by atoms with Crippen molar-refractivity contribution < 1.29 is 4.74 Å². The van der Waals surface area contributed by atoms with Crippen LogP contribution in [-0.4, -0.2) is 12.2 Å². The third-order valence-electron chi connectivity index (χ3n) is 2.24. The van der Waals surface area contributed by atoms with Gasteiger partial charge in [-0.15, -0.1) is 0 Å². The highest BCUT2D eigenvalue weighted by atomic mass is 16.5. The molecule has 0 radical (unpaired) electrons. The molecule has 0 spiro atoms. The topological polar surface area (TPSA) is 9.23 Å². The van der Waals surface area contributed by atoms with Crippen LogP contribution in [0.1, 0.15) is 26.2 Å². The second kappa shape index (κ2) is 1.47. The summed E-state index contributed by atoms with van der Waals surface area (Å²) in [5.41, 5.74) is 0. The fraction of sp³-hybridized carbons (Fsp3) is 1.00. The zero-order valence-electron chi connectivity index (χ0n) is 5.26. The number of ether oxygens (including phenoxy) is 1. The summed E-state index contributed by atoms with van der Waals surface area (Å²) < 4.78 is 5.45. The van der Waals surface area contributed by atoms with E-state index >= 15 is 0 Å². The molecule has 2 atom stereocenters. The van der Waals surface area contributed by atoms with E-state index < -0.39 is 0 Å². The maximum absolute atomic E-state index is 5.45. The molecule has 1 nitrogen and oxygen atoms in total. The minimum Gasteiger partial charge on any atom is -0.375 e. The first-order valence-electron chi connectivity index (χ1n) is 3.50. The van der Waals surface area contributed by atoms with Crippen LogP contribution in [0.5, 0.6) is 0 Å². The molecule has 2 saturated heterocycles. The highest BCUT2D eigenvalue weighted by Crippen LogP contribution is 2.37. The van der Waals surface area contributed by atoms with E-state index in [0.717, 1.165) is 5.92 Å². The molecule has 0 aromatic heterocycles. The Hall–Kier alpha value is -0.0400. The van der Waals surface area contributed by atoms with E-state index in [2.05, 4.69) is 6.92 Å². The molecule has 2 unspecified atom stereocenters. The van der Waals surface area contributed by atoms with Crippen molar-refractivity contribution in [3.63, 3.8) is 0 Å². The second-order valence-corrected chi connectivity index (χ2v) is 3.19. The lowest BCUT2D eigenvalue weighted by Crippen LogP contribution is -2.44. The Bertz CT molecular complexity index is 84.6. The average Bonchev–Trinajstić information content (AvgIpc) is 1.62. The third-order valence-corrected chi connectivity index (χ3v) is 2.24. The minimum absolute atomic E-state index is 0.656. The number of fused-ring (bicyclic) bond motifs is 2. The molecule has 0 N–H and O–H groups in total. The summed E-state index contributed by atoms with van der Waals surface area (Å²) in [6.45, 7) is 2.32. The lowest BCUT2D eigenvalue weighted by atomic mass is 9.82. The van der Waals surface area contributed by atoms with Crippen molar-refractivity contribution in [2.24, 2.45) is 5.92 Å². The summed E-state index contributed by atoms with van der Waals surface area (Å²) in [4.78, 5) is 0. The maximum Gasteiger partial charge on any atom is 0.0606 e. The minimum atomic E-state index is 0.656. The Kier molecular flexibility index (Phi) is 0.884. The van der Waals surface area contributed by atoms with Crippen molar-refractivity contribution in [2.45, 2.75) is 38.4 Å². The van der Waals surface area contributed by atoms with E-state index in [-0.39, 0.29) is 0 Å². The van der Waals surface area contributed by atoms with Gasteiger partial charge in [0.15, 0.2) is 0 Å². The molecule has 0 aromatic rings. The van der Waals surface area contributed by atoms with Crippen molar-refractivity contribution in [1.29, 1.82) is 0 Å².